The van der Waals surface area contributed by atoms with Crippen LogP contribution in [0.1, 0.15) is 59.7 Å². The summed E-state index contributed by atoms with van der Waals surface area (Å²) in [5.41, 5.74) is 5.54. The molecule has 102 valence electrons. The maximum absolute atomic E-state index is 11.4. The standard InChI is InChI=1S/C13H24N4O/c1-9(2)17-7-10(15-16-17)12(3,4)8-13(5,6)11(14)18/h7,9H,8H2,1-6H3,(H2,14,18). The maximum Gasteiger partial charge on any atom is 0.223 e. The van der Waals surface area contributed by atoms with E-state index in [1.807, 2.05) is 24.7 Å². The van der Waals surface area contributed by atoms with Gasteiger partial charge < -0.3 is 5.73 Å². The third-order valence-electron chi connectivity index (χ3n) is 3.28. The summed E-state index contributed by atoms with van der Waals surface area (Å²) in [5, 5.41) is 8.32. The average Bonchev–Trinajstić information content (AvgIpc) is 2.64. The van der Waals surface area contributed by atoms with Gasteiger partial charge >= 0.3 is 0 Å². The van der Waals surface area contributed by atoms with Crippen molar-refractivity contribution in [3.8, 4) is 0 Å². The molecule has 1 aromatic rings. The van der Waals surface area contributed by atoms with Gasteiger partial charge in [-0.25, -0.2) is 4.68 Å². The number of hydrogen-bond acceptors (Lipinski definition) is 3. The van der Waals surface area contributed by atoms with E-state index in [2.05, 4.69) is 38.0 Å². The van der Waals surface area contributed by atoms with Gasteiger partial charge in [-0.1, -0.05) is 32.9 Å². The lowest BCUT2D eigenvalue weighted by atomic mass is 9.73. The quantitative estimate of drug-likeness (QED) is 0.871. The molecule has 0 fully saturated rings. The van der Waals surface area contributed by atoms with Gasteiger partial charge in [-0.3, -0.25) is 4.79 Å². The minimum absolute atomic E-state index is 0.230. The molecule has 0 atom stereocenters. The summed E-state index contributed by atoms with van der Waals surface area (Å²) in [7, 11) is 0. The molecule has 0 saturated heterocycles. The Kier molecular flexibility index (Phi) is 3.84. The molecule has 5 nitrogen and oxygen atoms in total. The van der Waals surface area contributed by atoms with Crippen LogP contribution < -0.4 is 5.73 Å². The Labute approximate surface area is 109 Å². The Balaban J connectivity index is 2.95. The average molecular weight is 252 g/mol. The van der Waals surface area contributed by atoms with Gasteiger partial charge in [0.25, 0.3) is 0 Å². The van der Waals surface area contributed by atoms with E-state index in [0.29, 0.717) is 6.42 Å². The molecule has 0 aliphatic carbocycles. The lowest BCUT2D eigenvalue weighted by molar-refractivity contribution is -0.127. The van der Waals surface area contributed by atoms with Gasteiger partial charge in [0.15, 0.2) is 0 Å². The van der Waals surface area contributed by atoms with Crippen molar-refractivity contribution in [2.45, 2.75) is 59.4 Å². The summed E-state index contributed by atoms with van der Waals surface area (Å²) < 4.78 is 1.83. The number of aromatic nitrogens is 3. The van der Waals surface area contributed by atoms with Gasteiger partial charge in [0.2, 0.25) is 5.91 Å². The van der Waals surface area contributed by atoms with Crippen molar-refractivity contribution >= 4 is 5.91 Å². The third kappa shape index (κ3) is 3.09. The lowest BCUT2D eigenvalue weighted by Crippen LogP contribution is -2.37. The molecule has 0 aliphatic rings. The van der Waals surface area contributed by atoms with E-state index < -0.39 is 5.41 Å². The highest BCUT2D eigenvalue weighted by Gasteiger charge is 2.35. The number of hydrogen-bond donors (Lipinski definition) is 1. The van der Waals surface area contributed by atoms with Gasteiger partial charge in [-0.15, -0.1) is 5.10 Å². The van der Waals surface area contributed by atoms with E-state index in [4.69, 9.17) is 5.73 Å². The van der Waals surface area contributed by atoms with Crippen LogP contribution >= 0.6 is 0 Å². The molecule has 2 N–H and O–H groups in total. The monoisotopic (exact) mass is 252 g/mol. The Morgan fingerprint density at radius 2 is 1.94 bits per heavy atom. The first kappa shape index (κ1) is 14.7. The minimum Gasteiger partial charge on any atom is -0.369 e. The second-order valence-corrected chi connectivity index (χ2v) is 6.49. The van der Waals surface area contributed by atoms with Gasteiger partial charge in [-0.2, -0.15) is 0 Å². The van der Waals surface area contributed by atoms with Crippen molar-refractivity contribution in [1.29, 1.82) is 0 Å². The predicted molar refractivity (Wildman–Crippen MR) is 71.0 cm³/mol. The Morgan fingerprint density at radius 3 is 2.33 bits per heavy atom. The molecule has 0 aliphatic heterocycles. The van der Waals surface area contributed by atoms with Crippen molar-refractivity contribution in [3.63, 3.8) is 0 Å². The number of amides is 1. The first-order valence-electron chi connectivity index (χ1n) is 6.28. The van der Waals surface area contributed by atoms with Crippen LogP contribution in [0.4, 0.5) is 0 Å². The van der Waals surface area contributed by atoms with Crippen LogP contribution in [0.3, 0.4) is 0 Å². The molecule has 5 heteroatoms. The van der Waals surface area contributed by atoms with E-state index in [-0.39, 0.29) is 17.4 Å². The van der Waals surface area contributed by atoms with Crippen LogP contribution in [0, 0.1) is 5.41 Å². The number of nitrogens with two attached hydrogens (primary N) is 1. The third-order valence-corrected chi connectivity index (χ3v) is 3.28. The molecule has 18 heavy (non-hydrogen) atoms. The Bertz CT molecular complexity index is 432. The summed E-state index contributed by atoms with van der Waals surface area (Å²) in [4.78, 5) is 11.4. The molecule has 0 aromatic carbocycles. The normalized spacial score (nSPS) is 13.1. The lowest BCUT2D eigenvalue weighted by Gasteiger charge is -2.31. The molecular weight excluding hydrogens is 228 g/mol. The zero-order chi connectivity index (χ0) is 14.1. The highest BCUT2D eigenvalue weighted by molar-refractivity contribution is 5.80. The summed E-state index contributed by atoms with van der Waals surface area (Å²) in [6.45, 7) is 12.0. The fraction of sp³-hybridized carbons (Fsp3) is 0.769. The van der Waals surface area contributed by atoms with Crippen molar-refractivity contribution in [2.24, 2.45) is 11.1 Å². The molecule has 0 unspecified atom stereocenters. The Hall–Kier alpha value is -1.39. The van der Waals surface area contributed by atoms with Crippen LogP contribution in [0.5, 0.6) is 0 Å². The molecule has 1 heterocycles. The summed E-state index contributed by atoms with van der Waals surface area (Å²) >= 11 is 0. The summed E-state index contributed by atoms with van der Waals surface area (Å²) in [6.07, 6.45) is 2.59. The van der Waals surface area contributed by atoms with Gasteiger partial charge in [0.05, 0.1) is 5.69 Å². The summed E-state index contributed by atoms with van der Waals surface area (Å²) in [5.74, 6) is -0.285. The van der Waals surface area contributed by atoms with Gasteiger partial charge in [0, 0.05) is 23.1 Å². The van der Waals surface area contributed by atoms with E-state index in [1.54, 1.807) is 0 Å². The highest BCUT2D eigenvalue weighted by Crippen LogP contribution is 2.35. The van der Waals surface area contributed by atoms with Gasteiger partial charge in [-0.05, 0) is 20.3 Å². The zero-order valence-corrected chi connectivity index (χ0v) is 12.2. The van der Waals surface area contributed by atoms with Crippen LogP contribution in [-0.2, 0) is 10.2 Å². The highest BCUT2D eigenvalue weighted by atomic mass is 16.1. The van der Waals surface area contributed by atoms with E-state index in [9.17, 15) is 4.79 Å². The molecule has 0 saturated carbocycles. The Morgan fingerprint density at radius 1 is 1.39 bits per heavy atom. The van der Waals surface area contributed by atoms with Crippen LogP contribution in [0.2, 0.25) is 0 Å². The van der Waals surface area contributed by atoms with E-state index in [0.717, 1.165) is 5.69 Å². The van der Waals surface area contributed by atoms with E-state index >= 15 is 0 Å². The largest absolute Gasteiger partial charge is 0.369 e. The molecular formula is C13H24N4O. The van der Waals surface area contributed by atoms with Crippen molar-refractivity contribution in [1.82, 2.24) is 15.0 Å². The predicted octanol–water partition coefficient (Wildman–Crippen LogP) is 2.04. The first-order valence-corrected chi connectivity index (χ1v) is 6.28. The number of rotatable bonds is 5. The fourth-order valence-corrected chi connectivity index (χ4v) is 2.12. The maximum atomic E-state index is 11.4. The fourth-order valence-electron chi connectivity index (χ4n) is 2.12. The minimum atomic E-state index is -0.550. The molecule has 1 aromatic heterocycles. The number of carbonyl (C=O) groups excluding carboxylic acids is 1. The molecule has 1 rings (SSSR count). The zero-order valence-electron chi connectivity index (χ0n) is 12.2. The second-order valence-electron chi connectivity index (χ2n) is 6.49. The SMILES string of the molecule is CC(C)n1cc(C(C)(C)CC(C)(C)C(N)=O)nn1. The van der Waals surface area contributed by atoms with Gasteiger partial charge in [0.1, 0.15) is 0 Å². The number of carbonyl (C=O) groups is 1. The van der Waals surface area contributed by atoms with Crippen LogP contribution in [0.15, 0.2) is 6.20 Å². The smallest absolute Gasteiger partial charge is 0.223 e. The topological polar surface area (TPSA) is 73.8 Å². The van der Waals surface area contributed by atoms with Crippen LogP contribution in [-0.4, -0.2) is 20.9 Å². The molecule has 0 spiro atoms. The van der Waals surface area contributed by atoms with Crippen molar-refractivity contribution in [2.75, 3.05) is 0 Å². The molecule has 0 radical (unpaired) electrons. The van der Waals surface area contributed by atoms with Crippen molar-refractivity contribution in [3.05, 3.63) is 11.9 Å². The number of nitrogens with zero attached hydrogens (tertiary/aromatic N) is 3. The molecule has 0 bridgehead atoms. The first-order chi connectivity index (χ1) is 8.06. The number of primary amides is 1. The van der Waals surface area contributed by atoms with Crippen LogP contribution in [0.25, 0.3) is 0 Å². The van der Waals surface area contributed by atoms with E-state index in [1.165, 1.54) is 0 Å². The molecule has 1 amide bonds. The van der Waals surface area contributed by atoms with Crippen molar-refractivity contribution < 1.29 is 4.79 Å². The second kappa shape index (κ2) is 4.71. The summed E-state index contributed by atoms with van der Waals surface area (Å²) in [6, 6.07) is 0.284.